The van der Waals surface area contributed by atoms with Crippen LogP contribution in [-0.2, 0) is 22.4 Å². The van der Waals surface area contributed by atoms with Crippen molar-refractivity contribution in [3.8, 4) is 0 Å². The van der Waals surface area contributed by atoms with Crippen LogP contribution in [0.25, 0.3) is 0 Å². The number of carbonyl (C=O) groups is 2. The third kappa shape index (κ3) is 3.55. The van der Waals surface area contributed by atoms with E-state index in [0.717, 1.165) is 44.0 Å². The lowest BCUT2D eigenvalue weighted by Crippen LogP contribution is -2.60. The molecule has 5 nitrogen and oxygen atoms in total. The second-order valence-electron chi connectivity index (χ2n) is 7.07. The van der Waals surface area contributed by atoms with E-state index in [1.807, 2.05) is 16.7 Å². The predicted octanol–water partition coefficient (Wildman–Crippen LogP) is 0.920. The Morgan fingerprint density at radius 3 is 2.48 bits per heavy atom. The fourth-order valence-corrected chi connectivity index (χ4v) is 5.16. The number of fused-ring (bicyclic) bond motifs is 1. The Balaban J connectivity index is 1.46. The average Bonchev–Trinajstić information content (AvgIpc) is 3.08. The number of rotatable bonds is 3. The Morgan fingerprint density at radius 2 is 1.80 bits per heavy atom. The van der Waals surface area contributed by atoms with E-state index in [1.54, 1.807) is 0 Å². The lowest BCUT2D eigenvalue weighted by molar-refractivity contribution is -0.139. The van der Waals surface area contributed by atoms with E-state index < -0.39 is 0 Å². The van der Waals surface area contributed by atoms with Crippen LogP contribution in [0.4, 0.5) is 0 Å². The van der Waals surface area contributed by atoms with E-state index in [2.05, 4.69) is 34.5 Å². The Labute approximate surface area is 153 Å². The monoisotopic (exact) mass is 359 g/mol. The van der Waals surface area contributed by atoms with Crippen LogP contribution >= 0.6 is 11.8 Å². The van der Waals surface area contributed by atoms with Gasteiger partial charge >= 0.3 is 0 Å². The molecule has 1 unspecified atom stereocenters. The zero-order valence-corrected chi connectivity index (χ0v) is 15.3. The minimum atomic E-state index is -0.324. The Morgan fingerprint density at radius 1 is 1.12 bits per heavy atom. The summed E-state index contributed by atoms with van der Waals surface area (Å²) in [6, 6.07) is 8.54. The van der Waals surface area contributed by atoms with Crippen LogP contribution in [0.3, 0.4) is 0 Å². The van der Waals surface area contributed by atoms with Crippen molar-refractivity contribution in [2.24, 2.45) is 0 Å². The van der Waals surface area contributed by atoms with Gasteiger partial charge in [-0.05, 0) is 24.0 Å². The van der Waals surface area contributed by atoms with E-state index in [0.29, 0.717) is 19.0 Å². The van der Waals surface area contributed by atoms with Crippen LogP contribution in [0.15, 0.2) is 24.3 Å². The SMILES string of the molecule is O=C1NCCN(C2Cc3ccccc3C2)C1CC(=O)N1CCSCC1. The van der Waals surface area contributed by atoms with Crippen LogP contribution in [0.5, 0.6) is 0 Å². The summed E-state index contributed by atoms with van der Waals surface area (Å²) in [4.78, 5) is 29.4. The molecule has 1 N–H and O–H groups in total. The first kappa shape index (κ1) is 16.9. The van der Waals surface area contributed by atoms with Crippen LogP contribution in [0.2, 0.25) is 0 Å². The lowest BCUT2D eigenvalue weighted by Gasteiger charge is -2.39. The van der Waals surface area contributed by atoms with Gasteiger partial charge in [0, 0.05) is 43.7 Å². The highest BCUT2D eigenvalue weighted by Crippen LogP contribution is 2.28. The van der Waals surface area contributed by atoms with E-state index >= 15 is 0 Å². The van der Waals surface area contributed by atoms with Gasteiger partial charge in [-0.15, -0.1) is 0 Å². The topological polar surface area (TPSA) is 52.7 Å². The number of hydrogen-bond donors (Lipinski definition) is 1. The van der Waals surface area contributed by atoms with Crippen molar-refractivity contribution in [2.75, 3.05) is 37.7 Å². The number of benzene rings is 1. The molecule has 2 heterocycles. The molecule has 25 heavy (non-hydrogen) atoms. The van der Waals surface area contributed by atoms with Gasteiger partial charge in [0.2, 0.25) is 11.8 Å². The summed E-state index contributed by atoms with van der Waals surface area (Å²) in [5, 5.41) is 2.96. The molecule has 0 saturated carbocycles. The zero-order chi connectivity index (χ0) is 17.2. The number of hydrogen-bond acceptors (Lipinski definition) is 4. The first-order valence-corrected chi connectivity index (χ1v) is 10.3. The molecule has 4 rings (SSSR count). The fourth-order valence-electron chi connectivity index (χ4n) is 4.26. The number of nitrogens with one attached hydrogen (secondary N) is 1. The van der Waals surface area contributed by atoms with Gasteiger partial charge in [0.05, 0.1) is 12.5 Å². The average molecular weight is 359 g/mol. The summed E-state index contributed by atoms with van der Waals surface area (Å²) in [6.07, 6.45) is 2.27. The minimum Gasteiger partial charge on any atom is -0.353 e. The quantitative estimate of drug-likeness (QED) is 0.872. The Bertz CT molecular complexity index is 635. The molecule has 1 aromatic carbocycles. The van der Waals surface area contributed by atoms with Crippen molar-refractivity contribution >= 4 is 23.6 Å². The van der Waals surface area contributed by atoms with E-state index in [4.69, 9.17) is 0 Å². The molecule has 3 aliphatic rings. The van der Waals surface area contributed by atoms with Crippen molar-refractivity contribution in [2.45, 2.75) is 31.3 Å². The largest absolute Gasteiger partial charge is 0.353 e. The van der Waals surface area contributed by atoms with Crippen molar-refractivity contribution < 1.29 is 9.59 Å². The van der Waals surface area contributed by atoms with Crippen LogP contribution in [0, 0.1) is 0 Å². The maximum absolute atomic E-state index is 12.7. The molecule has 0 spiro atoms. The smallest absolute Gasteiger partial charge is 0.237 e. The van der Waals surface area contributed by atoms with E-state index in [-0.39, 0.29) is 17.9 Å². The van der Waals surface area contributed by atoms with E-state index in [9.17, 15) is 9.59 Å². The molecule has 1 aromatic rings. The molecular formula is C19H25N3O2S. The molecule has 2 fully saturated rings. The maximum atomic E-state index is 12.7. The summed E-state index contributed by atoms with van der Waals surface area (Å²) in [5.41, 5.74) is 2.77. The summed E-state index contributed by atoms with van der Waals surface area (Å²) in [6.45, 7) is 3.13. The second-order valence-corrected chi connectivity index (χ2v) is 8.30. The first-order chi connectivity index (χ1) is 12.2. The molecule has 0 aromatic heterocycles. The maximum Gasteiger partial charge on any atom is 0.237 e. The standard InChI is InChI=1S/C19H25N3O2S/c23-18(21-7-9-25-10-8-21)13-17-19(24)20-5-6-22(17)16-11-14-3-1-2-4-15(14)12-16/h1-4,16-17H,5-13H2,(H,20,24). The third-order valence-electron chi connectivity index (χ3n) is 5.60. The van der Waals surface area contributed by atoms with Crippen molar-refractivity contribution in [1.82, 2.24) is 15.1 Å². The van der Waals surface area contributed by atoms with Gasteiger partial charge in [-0.1, -0.05) is 24.3 Å². The normalized spacial score (nSPS) is 24.9. The number of thioether (sulfide) groups is 1. The molecule has 2 saturated heterocycles. The van der Waals surface area contributed by atoms with E-state index in [1.165, 1.54) is 11.1 Å². The van der Waals surface area contributed by atoms with Gasteiger partial charge < -0.3 is 10.2 Å². The fraction of sp³-hybridized carbons (Fsp3) is 0.579. The van der Waals surface area contributed by atoms with Gasteiger partial charge in [-0.25, -0.2) is 0 Å². The Hall–Kier alpha value is -1.53. The van der Waals surface area contributed by atoms with Gasteiger partial charge in [0.25, 0.3) is 0 Å². The van der Waals surface area contributed by atoms with Gasteiger partial charge in [-0.3, -0.25) is 14.5 Å². The number of amides is 2. The molecule has 6 heteroatoms. The number of piperazine rings is 1. The summed E-state index contributed by atoms with van der Waals surface area (Å²) in [5.74, 6) is 2.15. The minimum absolute atomic E-state index is 0.0157. The predicted molar refractivity (Wildman–Crippen MR) is 99.7 cm³/mol. The van der Waals surface area contributed by atoms with Crippen LogP contribution in [0.1, 0.15) is 17.5 Å². The summed E-state index contributed by atoms with van der Waals surface area (Å²) >= 11 is 1.89. The van der Waals surface area contributed by atoms with Gasteiger partial charge in [0.15, 0.2) is 0 Å². The molecule has 0 radical (unpaired) electrons. The highest BCUT2D eigenvalue weighted by atomic mass is 32.2. The van der Waals surface area contributed by atoms with Gasteiger partial charge in [-0.2, -0.15) is 11.8 Å². The number of nitrogens with zero attached hydrogens (tertiary/aromatic N) is 2. The zero-order valence-electron chi connectivity index (χ0n) is 14.4. The summed E-state index contributed by atoms with van der Waals surface area (Å²) in [7, 11) is 0. The molecule has 0 bridgehead atoms. The Kier molecular flexibility index (Phi) is 4.99. The molecule has 2 amide bonds. The molecule has 2 aliphatic heterocycles. The molecule has 1 atom stereocenters. The highest BCUT2D eigenvalue weighted by Gasteiger charge is 2.38. The van der Waals surface area contributed by atoms with Crippen LogP contribution < -0.4 is 5.32 Å². The van der Waals surface area contributed by atoms with Crippen molar-refractivity contribution in [3.05, 3.63) is 35.4 Å². The molecule has 1 aliphatic carbocycles. The highest BCUT2D eigenvalue weighted by molar-refractivity contribution is 7.99. The molecular weight excluding hydrogens is 334 g/mol. The molecule has 134 valence electrons. The lowest BCUT2D eigenvalue weighted by atomic mass is 10.0. The van der Waals surface area contributed by atoms with Crippen molar-refractivity contribution in [3.63, 3.8) is 0 Å². The third-order valence-corrected chi connectivity index (χ3v) is 6.54. The van der Waals surface area contributed by atoms with Crippen molar-refractivity contribution in [1.29, 1.82) is 0 Å². The second kappa shape index (κ2) is 7.38. The summed E-state index contributed by atoms with van der Waals surface area (Å²) < 4.78 is 0. The first-order valence-electron chi connectivity index (χ1n) is 9.18. The van der Waals surface area contributed by atoms with Gasteiger partial charge in [0.1, 0.15) is 0 Å². The van der Waals surface area contributed by atoms with Crippen LogP contribution in [-0.4, -0.2) is 71.4 Å². The number of carbonyl (C=O) groups excluding carboxylic acids is 2.